The van der Waals surface area contributed by atoms with E-state index in [1.54, 1.807) is 38.1 Å². The van der Waals surface area contributed by atoms with Gasteiger partial charge in [0, 0.05) is 0 Å². The molecule has 1 atom stereocenters. The fourth-order valence-corrected chi connectivity index (χ4v) is 1.55. The topological polar surface area (TPSA) is 78.5 Å². The van der Waals surface area contributed by atoms with Crippen LogP contribution in [0.2, 0.25) is 0 Å². The Hall–Kier alpha value is -2.04. The van der Waals surface area contributed by atoms with Gasteiger partial charge >= 0.3 is 0 Å². The predicted molar refractivity (Wildman–Crippen MR) is 64.1 cm³/mol. The third-order valence-corrected chi connectivity index (χ3v) is 2.56. The van der Waals surface area contributed by atoms with Crippen LogP contribution in [0.3, 0.4) is 0 Å². The van der Waals surface area contributed by atoms with Crippen molar-refractivity contribution in [3.8, 4) is 5.75 Å². The van der Waals surface area contributed by atoms with Gasteiger partial charge in [0.05, 0.1) is 24.7 Å². The summed E-state index contributed by atoms with van der Waals surface area (Å²) in [6.45, 7) is 3.39. The molecule has 1 rings (SSSR count). The van der Waals surface area contributed by atoms with Gasteiger partial charge in [-0.25, -0.2) is 0 Å². The van der Waals surface area contributed by atoms with E-state index in [0.717, 1.165) is 0 Å². The highest BCUT2D eigenvalue weighted by atomic mass is 16.5. The van der Waals surface area contributed by atoms with Gasteiger partial charge in [-0.3, -0.25) is 4.79 Å². The molecule has 0 fully saturated rings. The number of aliphatic carboxylic acids is 1. The number of carboxylic acids is 1. The van der Waals surface area contributed by atoms with Crippen LogP contribution in [-0.2, 0) is 4.79 Å². The Morgan fingerprint density at radius 3 is 2.39 bits per heavy atom. The Balaban J connectivity index is 2.90. The fraction of sp³-hybridized carbons (Fsp3) is 0.385. The monoisotopic (exact) mass is 250 g/mol. The van der Waals surface area contributed by atoms with Gasteiger partial charge in [-0.2, -0.15) is 0 Å². The van der Waals surface area contributed by atoms with Crippen molar-refractivity contribution >= 4 is 11.9 Å². The van der Waals surface area contributed by atoms with E-state index < -0.39 is 17.9 Å². The maximum atomic E-state index is 12.0. The van der Waals surface area contributed by atoms with Gasteiger partial charge in [0.1, 0.15) is 5.75 Å². The van der Waals surface area contributed by atoms with Crippen LogP contribution >= 0.6 is 0 Å². The van der Waals surface area contributed by atoms with Gasteiger partial charge in [-0.15, -0.1) is 0 Å². The molecule has 98 valence electrons. The summed E-state index contributed by atoms with van der Waals surface area (Å²) in [4.78, 5) is 22.9. The predicted octanol–water partition coefficient (Wildman–Crippen LogP) is 0.199. The van der Waals surface area contributed by atoms with E-state index >= 15 is 0 Å². The van der Waals surface area contributed by atoms with Crippen LogP contribution in [0.15, 0.2) is 24.3 Å². The highest BCUT2D eigenvalue weighted by Gasteiger charge is 2.19. The van der Waals surface area contributed by atoms with Crippen LogP contribution in [0.5, 0.6) is 5.75 Å². The molecule has 0 aliphatic heterocycles. The lowest BCUT2D eigenvalue weighted by Gasteiger charge is -2.23. The molecule has 5 heteroatoms. The van der Waals surface area contributed by atoms with Crippen molar-refractivity contribution in [3.05, 3.63) is 29.8 Å². The second kappa shape index (κ2) is 6.05. The SMILES string of the molecule is COc1ccccc1C(=O)N[C@H](C(=O)[O-])C(C)C. The summed E-state index contributed by atoms with van der Waals surface area (Å²) in [5, 5.41) is 13.3. The zero-order chi connectivity index (χ0) is 13.7. The minimum atomic E-state index is -1.30. The number of hydrogen-bond donors (Lipinski definition) is 1. The van der Waals surface area contributed by atoms with Crippen LogP contribution in [0.4, 0.5) is 0 Å². The number of amides is 1. The largest absolute Gasteiger partial charge is 0.548 e. The lowest BCUT2D eigenvalue weighted by molar-refractivity contribution is -0.309. The molecule has 5 nitrogen and oxygen atoms in total. The molecule has 0 aliphatic carbocycles. The van der Waals surface area contributed by atoms with E-state index in [1.165, 1.54) is 7.11 Å². The van der Waals surface area contributed by atoms with Crippen LogP contribution in [-0.4, -0.2) is 25.0 Å². The van der Waals surface area contributed by atoms with E-state index in [4.69, 9.17) is 4.74 Å². The van der Waals surface area contributed by atoms with E-state index in [0.29, 0.717) is 11.3 Å². The highest BCUT2D eigenvalue weighted by Crippen LogP contribution is 2.17. The van der Waals surface area contributed by atoms with Crippen molar-refractivity contribution in [1.29, 1.82) is 0 Å². The molecule has 18 heavy (non-hydrogen) atoms. The molecule has 0 spiro atoms. The zero-order valence-corrected chi connectivity index (χ0v) is 10.6. The molecule has 0 aliphatic rings. The maximum Gasteiger partial charge on any atom is 0.255 e. The quantitative estimate of drug-likeness (QED) is 0.809. The lowest BCUT2D eigenvalue weighted by atomic mass is 10.0. The Labute approximate surface area is 106 Å². The molecule has 0 saturated heterocycles. The molecule has 0 bridgehead atoms. The standard InChI is InChI=1S/C13H17NO4/c1-8(2)11(13(16)17)14-12(15)9-6-4-5-7-10(9)18-3/h4-8,11H,1-3H3,(H,14,15)(H,16,17)/p-1/t11-/m0/s1. The lowest BCUT2D eigenvalue weighted by Crippen LogP contribution is -2.50. The molecule has 1 amide bonds. The molecular formula is C13H16NO4-. The second-order valence-electron chi connectivity index (χ2n) is 4.21. The summed E-state index contributed by atoms with van der Waals surface area (Å²) in [5.74, 6) is -1.65. The number of ether oxygens (including phenoxy) is 1. The molecule has 0 heterocycles. The average molecular weight is 250 g/mol. The highest BCUT2D eigenvalue weighted by molar-refractivity contribution is 5.98. The van der Waals surface area contributed by atoms with E-state index in [2.05, 4.69) is 5.32 Å². The number of para-hydroxylation sites is 1. The number of carbonyl (C=O) groups is 2. The van der Waals surface area contributed by atoms with Crippen molar-refractivity contribution in [2.75, 3.05) is 7.11 Å². The summed E-state index contributed by atoms with van der Waals surface area (Å²) in [5.41, 5.74) is 0.298. The van der Waals surface area contributed by atoms with Gasteiger partial charge in [0.25, 0.3) is 5.91 Å². The number of carbonyl (C=O) groups excluding carboxylic acids is 2. The molecule has 0 radical (unpaired) electrons. The Bertz CT molecular complexity index is 442. The van der Waals surface area contributed by atoms with Crippen molar-refractivity contribution in [2.24, 2.45) is 5.92 Å². The number of benzene rings is 1. The number of methoxy groups -OCH3 is 1. The average Bonchev–Trinajstić information content (AvgIpc) is 2.34. The normalized spacial score (nSPS) is 12.0. The van der Waals surface area contributed by atoms with Crippen molar-refractivity contribution in [3.63, 3.8) is 0 Å². The van der Waals surface area contributed by atoms with Gasteiger partial charge in [-0.1, -0.05) is 26.0 Å². The summed E-state index contributed by atoms with van der Waals surface area (Å²) in [6, 6.07) is 5.59. The Morgan fingerprint density at radius 2 is 1.89 bits per heavy atom. The summed E-state index contributed by atoms with van der Waals surface area (Å²) in [6.07, 6.45) is 0. The third kappa shape index (κ3) is 3.23. The summed E-state index contributed by atoms with van der Waals surface area (Å²) < 4.78 is 5.05. The maximum absolute atomic E-state index is 12.0. The number of nitrogens with one attached hydrogen (secondary N) is 1. The van der Waals surface area contributed by atoms with Crippen molar-refractivity contribution in [1.82, 2.24) is 5.32 Å². The van der Waals surface area contributed by atoms with Gasteiger partial charge in [0.2, 0.25) is 0 Å². The molecule has 1 N–H and O–H groups in total. The first-order valence-electron chi connectivity index (χ1n) is 5.62. The van der Waals surface area contributed by atoms with Crippen molar-refractivity contribution < 1.29 is 19.4 Å². The number of hydrogen-bond acceptors (Lipinski definition) is 4. The molecular weight excluding hydrogens is 234 g/mol. The Kier molecular flexibility index (Phi) is 4.71. The first kappa shape index (κ1) is 14.0. The molecule has 1 aromatic rings. The number of carboxylic acid groups (broad SMARTS) is 1. The zero-order valence-electron chi connectivity index (χ0n) is 10.6. The fourth-order valence-electron chi connectivity index (χ4n) is 1.55. The van der Waals surface area contributed by atoms with E-state index in [1.807, 2.05) is 0 Å². The summed E-state index contributed by atoms with van der Waals surface area (Å²) in [7, 11) is 1.45. The van der Waals surface area contributed by atoms with Crippen LogP contribution in [0, 0.1) is 5.92 Å². The van der Waals surface area contributed by atoms with E-state index in [9.17, 15) is 14.7 Å². The molecule has 0 unspecified atom stereocenters. The second-order valence-corrected chi connectivity index (χ2v) is 4.21. The van der Waals surface area contributed by atoms with E-state index in [-0.39, 0.29) is 5.92 Å². The molecule has 1 aromatic carbocycles. The Morgan fingerprint density at radius 1 is 1.28 bits per heavy atom. The van der Waals surface area contributed by atoms with Gasteiger partial charge < -0.3 is 20.0 Å². The van der Waals surface area contributed by atoms with Crippen LogP contribution < -0.4 is 15.2 Å². The molecule has 0 saturated carbocycles. The minimum absolute atomic E-state index is 0.256. The molecule has 0 aromatic heterocycles. The smallest absolute Gasteiger partial charge is 0.255 e. The first-order valence-corrected chi connectivity index (χ1v) is 5.62. The first-order chi connectivity index (χ1) is 8.47. The summed E-state index contributed by atoms with van der Waals surface area (Å²) >= 11 is 0. The van der Waals surface area contributed by atoms with Gasteiger partial charge in [0.15, 0.2) is 0 Å². The minimum Gasteiger partial charge on any atom is -0.548 e. The van der Waals surface area contributed by atoms with Crippen molar-refractivity contribution in [2.45, 2.75) is 19.9 Å². The number of rotatable bonds is 5. The van der Waals surface area contributed by atoms with Gasteiger partial charge in [-0.05, 0) is 18.1 Å². The van der Waals surface area contributed by atoms with Crippen LogP contribution in [0.1, 0.15) is 24.2 Å². The van der Waals surface area contributed by atoms with Crippen LogP contribution in [0.25, 0.3) is 0 Å². The third-order valence-electron chi connectivity index (χ3n) is 2.56.